The van der Waals surface area contributed by atoms with Gasteiger partial charge >= 0.3 is 6.18 Å². The number of carbonyl (C=O) groups is 1. The predicted molar refractivity (Wildman–Crippen MR) is 123 cm³/mol. The molecule has 4 rings (SSSR count). The smallest absolute Gasteiger partial charge is 0.373 e. The van der Waals surface area contributed by atoms with Crippen molar-refractivity contribution in [3.8, 4) is 11.1 Å². The number of aryl methyl sites for hydroxylation is 1. The molecule has 9 heteroatoms. The Bertz CT molecular complexity index is 1160. The lowest BCUT2D eigenvalue weighted by Gasteiger charge is -2.33. The van der Waals surface area contributed by atoms with Crippen LogP contribution in [0.2, 0.25) is 0 Å². The number of rotatable bonds is 5. The van der Waals surface area contributed by atoms with E-state index >= 15 is 0 Å². The number of anilines is 2. The van der Waals surface area contributed by atoms with Crippen molar-refractivity contribution in [3.63, 3.8) is 0 Å². The number of aromatic nitrogens is 2. The van der Waals surface area contributed by atoms with Crippen LogP contribution < -0.4 is 10.6 Å². The molecule has 1 aliphatic rings. The molecule has 3 heterocycles. The van der Waals surface area contributed by atoms with Crippen LogP contribution >= 0.6 is 0 Å². The van der Waals surface area contributed by atoms with E-state index in [2.05, 4.69) is 20.6 Å². The second kappa shape index (κ2) is 9.35. The number of benzene rings is 1. The minimum absolute atomic E-state index is 0.0627. The van der Waals surface area contributed by atoms with Crippen LogP contribution in [0.15, 0.2) is 42.7 Å². The van der Waals surface area contributed by atoms with E-state index in [4.69, 9.17) is 0 Å². The Morgan fingerprint density at radius 3 is 2.76 bits per heavy atom. The number of nitrogens with one attached hydrogen (secondary N) is 2. The van der Waals surface area contributed by atoms with Gasteiger partial charge in [-0.15, -0.1) is 0 Å². The molecule has 0 aliphatic carbocycles. The summed E-state index contributed by atoms with van der Waals surface area (Å²) < 4.78 is 39.1. The van der Waals surface area contributed by atoms with Crippen molar-refractivity contribution >= 4 is 28.3 Å². The lowest BCUT2D eigenvalue weighted by Crippen LogP contribution is -2.44. The zero-order chi connectivity index (χ0) is 23.6. The Balaban J connectivity index is 1.48. The molecule has 6 nitrogen and oxygen atoms in total. The van der Waals surface area contributed by atoms with Gasteiger partial charge in [-0.25, -0.2) is 4.98 Å². The molecule has 1 aliphatic heterocycles. The highest BCUT2D eigenvalue weighted by Crippen LogP contribution is 2.33. The van der Waals surface area contributed by atoms with Gasteiger partial charge in [0.05, 0.1) is 18.0 Å². The van der Waals surface area contributed by atoms with E-state index in [1.165, 1.54) is 0 Å². The van der Waals surface area contributed by atoms with Crippen molar-refractivity contribution in [2.24, 2.45) is 5.92 Å². The monoisotopic (exact) mass is 457 g/mol. The minimum atomic E-state index is -4.22. The summed E-state index contributed by atoms with van der Waals surface area (Å²) in [5.41, 5.74) is 4.22. The van der Waals surface area contributed by atoms with Gasteiger partial charge in [-0.05, 0) is 55.6 Å². The second-order valence-electron chi connectivity index (χ2n) is 8.43. The lowest BCUT2D eigenvalue weighted by atomic mass is 9.97. The predicted octanol–water partition coefficient (Wildman–Crippen LogP) is 4.86. The number of carbonyl (C=O) groups excluding carboxylic acids is 1. The summed E-state index contributed by atoms with van der Waals surface area (Å²) in [4.78, 5) is 23.0. The number of hydrogen-bond acceptors (Lipinski definition) is 5. The van der Waals surface area contributed by atoms with Gasteiger partial charge in [-0.1, -0.05) is 6.07 Å². The average molecular weight is 458 g/mol. The molecule has 1 unspecified atom stereocenters. The van der Waals surface area contributed by atoms with Crippen LogP contribution in [0.3, 0.4) is 0 Å². The first-order valence-corrected chi connectivity index (χ1v) is 10.9. The fourth-order valence-electron chi connectivity index (χ4n) is 4.19. The van der Waals surface area contributed by atoms with Crippen LogP contribution in [0.5, 0.6) is 0 Å². The van der Waals surface area contributed by atoms with Crippen LogP contribution in [0.4, 0.5) is 24.7 Å². The second-order valence-corrected chi connectivity index (χ2v) is 8.43. The van der Waals surface area contributed by atoms with Gasteiger partial charge in [-0.3, -0.25) is 14.7 Å². The van der Waals surface area contributed by atoms with Gasteiger partial charge in [0, 0.05) is 48.7 Å². The SMILES string of the molecule is CNc1cc2ncc(-c3cc(NC(=O)CN4CCCC(C(F)(F)F)C4)ccc3C)cc2cn1. The van der Waals surface area contributed by atoms with Crippen molar-refractivity contribution < 1.29 is 18.0 Å². The molecular formula is C24H26F3N5O. The largest absolute Gasteiger partial charge is 0.393 e. The van der Waals surface area contributed by atoms with Gasteiger partial charge in [0.1, 0.15) is 5.82 Å². The lowest BCUT2D eigenvalue weighted by molar-refractivity contribution is -0.186. The van der Waals surface area contributed by atoms with Crippen LogP contribution in [0.1, 0.15) is 18.4 Å². The van der Waals surface area contributed by atoms with Crippen LogP contribution in [-0.4, -0.2) is 53.6 Å². The Hall–Kier alpha value is -3.20. The van der Waals surface area contributed by atoms with E-state index in [9.17, 15) is 18.0 Å². The fraction of sp³-hybridized carbons (Fsp3) is 0.375. The highest BCUT2D eigenvalue weighted by Gasteiger charge is 2.41. The molecule has 1 aromatic carbocycles. The maximum atomic E-state index is 13.0. The molecule has 1 amide bonds. The Morgan fingerprint density at radius 1 is 1.18 bits per heavy atom. The first-order valence-electron chi connectivity index (χ1n) is 10.9. The number of fused-ring (bicyclic) bond motifs is 1. The van der Waals surface area contributed by atoms with E-state index in [1.807, 2.05) is 31.2 Å². The highest BCUT2D eigenvalue weighted by molar-refractivity contribution is 5.93. The Morgan fingerprint density at radius 2 is 2.00 bits per heavy atom. The number of nitrogens with zero attached hydrogens (tertiary/aromatic N) is 3. The van der Waals surface area contributed by atoms with Gasteiger partial charge in [0.25, 0.3) is 0 Å². The summed E-state index contributed by atoms with van der Waals surface area (Å²) in [5, 5.41) is 6.71. The molecule has 0 spiro atoms. The third-order valence-electron chi connectivity index (χ3n) is 5.99. The van der Waals surface area contributed by atoms with Crippen molar-refractivity contribution in [2.75, 3.05) is 37.3 Å². The van der Waals surface area contributed by atoms with Gasteiger partial charge in [0.2, 0.25) is 5.91 Å². The third-order valence-corrected chi connectivity index (χ3v) is 5.99. The number of piperidine rings is 1. The molecule has 0 radical (unpaired) electrons. The molecule has 33 heavy (non-hydrogen) atoms. The zero-order valence-electron chi connectivity index (χ0n) is 18.5. The molecule has 1 saturated heterocycles. The fourth-order valence-corrected chi connectivity index (χ4v) is 4.19. The minimum Gasteiger partial charge on any atom is -0.373 e. The van der Waals surface area contributed by atoms with Gasteiger partial charge in [0.15, 0.2) is 0 Å². The quantitative estimate of drug-likeness (QED) is 0.573. The summed E-state index contributed by atoms with van der Waals surface area (Å²) in [6, 6.07) is 9.42. The highest BCUT2D eigenvalue weighted by atomic mass is 19.4. The number of amides is 1. The summed E-state index contributed by atoms with van der Waals surface area (Å²) in [7, 11) is 1.80. The topological polar surface area (TPSA) is 70.2 Å². The summed E-state index contributed by atoms with van der Waals surface area (Å²) >= 11 is 0. The molecule has 0 bridgehead atoms. The van der Waals surface area contributed by atoms with Crippen LogP contribution in [0.25, 0.3) is 22.0 Å². The number of halogens is 3. The summed E-state index contributed by atoms with van der Waals surface area (Å²) in [5.74, 6) is -0.962. The zero-order valence-corrected chi connectivity index (χ0v) is 18.5. The molecule has 2 N–H and O–H groups in total. The maximum Gasteiger partial charge on any atom is 0.393 e. The Labute approximate surface area is 190 Å². The molecule has 1 fully saturated rings. The summed E-state index contributed by atoms with van der Waals surface area (Å²) in [6.45, 7) is 2.26. The van der Waals surface area contributed by atoms with E-state index in [0.29, 0.717) is 18.7 Å². The van der Waals surface area contributed by atoms with Crippen LogP contribution in [0, 0.1) is 12.8 Å². The molecule has 0 saturated carbocycles. The average Bonchev–Trinajstić information content (AvgIpc) is 2.79. The van der Waals surface area contributed by atoms with Crippen molar-refractivity contribution in [1.29, 1.82) is 0 Å². The van der Waals surface area contributed by atoms with Gasteiger partial charge < -0.3 is 10.6 Å². The van der Waals surface area contributed by atoms with E-state index in [0.717, 1.165) is 33.4 Å². The molecule has 3 aromatic rings. The molecular weight excluding hydrogens is 431 g/mol. The van der Waals surface area contributed by atoms with E-state index < -0.39 is 12.1 Å². The molecule has 1 atom stereocenters. The molecule has 2 aromatic heterocycles. The van der Waals surface area contributed by atoms with Crippen molar-refractivity contribution in [3.05, 3.63) is 48.3 Å². The maximum absolute atomic E-state index is 13.0. The van der Waals surface area contributed by atoms with Crippen molar-refractivity contribution in [1.82, 2.24) is 14.9 Å². The first-order chi connectivity index (χ1) is 15.7. The van der Waals surface area contributed by atoms with Crippen LogP contribution in [-0.2, 0) is 4.79 Å². The van der Waals surface area contributed by atoms with E-state index in [-0.39, 0.29) is 25.4 Å². The Kier molecular flexibility index (Phi) is 6.51. The number of pyridine rings is 2. The standard InChI is InChI=1S/C24H26F3N5O/c1-15-5-6-19(31-23(33)14-32-7-3-4-18(13-32)24(25,26)27)9-20(15)16-8-17-12-30-22(28-2)10-21(17)29-11-16/h5-6,8-12,18H,3-4,7,13-14H2,1-2H3,(H,28,30)(H,31,33). The molecule has 174 valence electrons. The number of likely N-dealkylation sites (tertiary alicyclic amines) is 1. The normalized spacial score (nSPS) is 17.2. The van der Waals surface area contributed by atoms with Crippen molar-refractivity contribution in [2.45, 2.75) is 25.9 Å². The number of alkyl halides is 3. The number of hydrogen-bond donors (Lipinski definition) is 2. The summed E-state index contributed by atoms with van der Waals surface area (Å²) in [6.07, 6.45) is -0.133. The van der Waals surface area contributed by atoms with Gasteiger partial charge in [-0.2, -0.15) is 13.2 Å². The van der Waals surface area contributed by atoms with E-state index in [1.54, 1.807) is 30.4 Å². The first kappa shape index (κ1) is 23.0. The third kappa shape index (κ3) is 5.42.